The van der Waals surface area contributed by atoms with E-state index in [0.717, 1.165) is 0 Å². The Balaban J connectivity index is 2.91. The molecule has 0 aliphatic heterocycles. The fourth-order valence-corrected chi connectivity index (χ4v) is 2.81. The summed E-state index contributed by atoms with van der Waals surface area (Å²) in [4.78, 5) is 12.1. The number of hydrogen-bond acceptors (Lipinski definition) is 5. The zero-order valence-corrected chi connectivity index (χ0v) is 13.7. The van der Waals surface area contributed by atoms with Gasteiger partial charge in [0.1, 0.15) is 0 Å². The fraction of sp³-hybridized carbons (Fsp3) is 0.500. The van der Waals surface area contributed by atoms with E-state index in [4.69, 9.17) is 10.5 Å². The Morgan fingerprint density at radius 3 is 2.68 bits per heavy atom. The first-order chi connectivity index (χ1) is 10.4. The van der Waals surface area contributed by atoms with E-state index in [1.54, 1.807) is 13.0 Å². The molecule has 0 fully saturated rings. The number of hydrogen-bond donors (Lipinski definition) is 3. The molecule has 124 valence electrons. The Hall–Kier alpha value is -1.48. The van der Waals surface area contributed by atoms with Gasteiger partial charge < -0.3 is 15.8 Å². The first-order valence-electron chi connectivity index (χ1n) is 7.00. The molecule has 0 atom stereocenters. The van der Waals surface area contributed by atoms with Crippen molar-refractivity contribution in [3.63, 3.8) is 0 Å². The predicted octanol–water partition coefficient (Wildman–Crippen LogP) is -0.00168. The van der Waals surface area contributed by atoms with Gasteiger partial charge in [0.2, 0.25) is 10.0 Å². The minimum Gasteiger partial charge on any atom is -0.383 e. The van der Waals surface area contributed by atoms with Gasteiger partial charge in [0.05, 0.1) is 11.5 Å². The maximum absolute atomic E-state index is 12.1. The van der Waals surface area contributed by atoms with Gasteiger partial charge in [-0.3, -0.25) is 4.79 Å². The van der Waals surface area contributed by atoms with E-state index >= 15 is 0 Å². The zero-order valence-electron chi connectivity index (χ0n) is 12.9. The highest BCUT2D eigenvalue weighted by atomic mass is 32.2. The molecule has 0 aromatic heterocycles. The monoisotopic (exact) mass is 329 g/mol. The molecule has 1 amide bonds. The molecule has 0 heterocycles. The van der Waals surface area contributed by atoms with E-state index in [1.807, 2.05) is 0 Å². The molecule has 7 nitrogen and oxygen atoms in total. The molecule has 0 unspecified atom stereocenters. The van der Waals surface area contributed by atoms with Gasteiger partial charge in [0, 0.05) is 25.8 Å². The lowest BCUT2D eigenvalue weighted by Crippen LogP contribution is -2.29. The molecule has 1 aromatic carbocycles. The topological polar surface area (TPSA) is 111 Å². The SMILES string of the molecule is COCCNS(=O)(=O)c1ccc(C)c(C(=O)NCCCN)c1. The van der Waals surface area contributed by atoms with Crippen LogP contribution in [0.4, 0.5) is 0 Å². The Morgan fingerprint density at radius 1 is 1.32 bits per heavy atom. The maximum atomic E-state index is 12.1. The Labute approximate surface area is 131 Å². The number of ether oxygens (including phenoxy) is 1. The molecule has 0 aliphatic carbocycles. The standard InChI is InChI=1S/C14H23N3O4S/c1-11-4-5-12(22(19,20)17-8-9-21-2)10-13(11)14(18)16-7-3-6-15/h4-5,10,17H,3,6-9,15H2,1-2H3,(H,16,18). The van der Waals surface area contributed by atoms with Gasteiger partial charge in [0.15, 0.2) is 0 Å². The van der Waals surface area contributed by atoms with Crippen molar-refractivity contribution in [2.45, 2.75) is 18.2 Å². The lowest BCUT2D eigenvalue weighted by molar-refractivity contribution is 0.0952. The van der Waals surface area contributed by atoms with E-state index in [-0.39, 0.29) is 24.0 Å². The van der Waals surface area contributed by atoms with Gasteiger partial charge in [-0.1, -0.05) is 6.07 Å². The minimum absolute atomic E-state index is 0.0539. The van der Waals surface area contributed by atoms with Gasteiger partial charge in [-0.05, 0) is 37.6 Å². The van der Waals surface area contributed by atoms with Crippen molar-refractivity contribution >= 4 is 15.9 Å². The van der Waals surface area contributed by atoms with Crippen LogP contribution in [-0.4, -0.2) is 47.7 Å². The van der Waals surface area contributed by atoms with E-state index < -0.39 is 10.0 Å². The number of aryl methyl sites for hydroxylation is 1. The van der Waals surface area contributed by atoms with Crippen molar-refractivity contribution in [2.75, 3.05) is 33.4 Å². The Morgan fingerprint density at radius 2 is 2.05 bits per heavy atom. The summed E-state index contributed by atoms with van der Waals surface area (Å²) in [6, 6.07) is 4.46. The third-order valence-electron chi connectivity index (χ3n) is 3.03. The molecule has 0 saturated carbocycles. The summed E-state index contributed by atoms with van der Waals surface area (Å²) in [6.07, 6.45) is 0.668. The molecule has 0 spiro atoms. The molecule has 0 aliphatic rings. The first-order valence-corrected chi connectivity index (χ1v) is 8.48. The zero-order chi connectivity index (χ0) is 16.6. The highest BCUT2D eigenvalue weighted by molar-refractivity contribution is 7.89. The summed E-state index contributed by atoms with van der Waals surface area (Å²) >= 11 is 0. The fourth-order valence-electron chi connectivity index (χ4n) is 1.77. The number of carbonyl (C=O) groups is 1. The van der Waals surface area contributed by atoms with Crippen molar-refractivity contribution in [3.8, 4) is 0 Å². The number of amides is 1. The summed E-state index contributed by atoms with van der Waals surface area (Å²) in [5.74, 6) is -0.306. The summed E-state index contributed by atoms with van der Waals surface area (Å²) in [5.41, 5.74) is 6.42. The molecular weight excluding hydrogens is 306 g/mol. The van der Waals surface area contributed by atoms with E-state index in [0.29, 0.717) is 30.6 Å². The van der Waals surface area contributed by atoms with Gasteiger partial charge >= 0.3 is 0 Å². The summed E-state index contributed by atoms with van der Waals surface area (Å²) in [7, 11) is -2.17. The molecule has 4 N–H and O–H groups in total. The number of nitrogens with one attached hydrogen (secondary N) is 2. The van der Waals surface area contributed by atoms with Crippen molar-refractivity contribution in [1.82, 2.24) is 10.0 Å². The third-order valence-corrected chi connectivity index (χ3v) is 4.49. The summed E-state index contributed by atoms with van der Waals surface area (Å²) in [5, 5.41) is 2.72. The number of benzene rings is 1. The minimum atomic E-state index is -3.66. The predicted molar refractivity (Wildman–Crippen MR) is 84.2 cm³/mol. The second-order valence-corrected chi connectivity index (χ2v) is 6.53. The van der Waals surface area contributed by atoms with Crippen LogP contribution in [0.25, 0.3) is 0 Å². The highest BCUT2D eigenvalue weighted by Gasteiger charge is 2.17. The molecule has 8 heteroatoms. The van der Waals surface area contributed by atoms with Crippen LogP contribution in [-0.2, 0) is 14.8 Å². The number of sulfonamides is 1. The molecule has 0 radical (unpaired) electrons. The number of carbonyl (C=O) groups excluding carboxylic acids is 1. The Bertz CT molecular complexity index is 602. The van der Waals surface area contributed by atoms with Crippen LogP contribution < -0.4 is 15.8 Å². The van der Waals surface area contributed by atoms with Crippen LogP contribution in [0.15, 0.2) is 23.1 Å². The number of methoxy groups -OCH3 is 1. The maximum Gasteiger partial charge on any atom is 0.251 e. The highest BCUT2D eigenvalue weighted by Crippen LogP contribution is 2.15. The normalized spacial score (nSPS) is 11.4. The first kappa shape index (κ1) is 18.6. The van der Waals surface area contributed by atoms with Crippen LogP contribution in [0.5, 0.6) is 0 Å². The van der Waals surface area contributed by atoms with Gasteiger partial charge in [-0.25, -0.2) is 13.1 Å². The van der Waals surface area contributed by atoms with E-state index in [2.05, 4.69) is 10.0 Å². The molecular formula is C14H23N3O4S. The van der Waals surface area contributed by atoms with Crippen LogP contribution in [0.1, 0.15) is 22.3 Å². The van der Waals surface area contributed by atoms with Crippen molar-refractivity contribution in [1.29, 1.82) is 0 Å². The molecule has 22 heavy (non-hydrogen) atoms. The second-order valence-electron chi connectivity index (χ2n) is 4.77. The lowest BCUT2D eigenvalue weighted by Gasteiger charge is -2.11. The summed E-state index contributed by atoms with van der Waals surface area (Å²) < 4.78 is 31.5. The molecule has 1 rings (SSSR count). The van der Waals surface area contributed by atoms with Crippen LogP contribution in [0, 0.1) is 6.92 Å². The quantitative estimate of drug-likeness (QED) is 0.552. The average molecular weight is 329 g/mol. The van der Waals surface area contributed by atoms with Gasteiger partial charge in [-0.2, -0.15) is 0 Å². The van der Waals surface area contributed by atoms with E-state index in [9.17, 15) is 13.2 Å². The van der Waals surface area contributed by atoms with Crippen LogP contribution in [0.2, 0.25) is 0 Å². The number of nitrogens with two attached hydrogens (primary N) is 1. The smallest absolute Gasteiger partial charge is 0.251 e. The van der Waals surface area contributed by atoms with Crippen molar-refractivity contribution in [3.05, 3.63) is 29.3 Å². The molecule has 0 bridgehead atoms. The van der Waals surface area contributed by atoms with Crippen molar-refractivity contribution < 1.29 is 17.9 Å². The summed E-state index contributed by atoms with van der Waals surface area (Å²) in [6.45, 7) is 3.14. The largest absolute Gasteiger partial charge is 0.383 e. The average Bonchev–Trinajstić information content (AvgIpc) is 2.47. The van der Waals surface area contributed by atoms with Crippen LogP contribution >= 0.6 is 0 Å². The van der Waals surface area contributed by atoms with Gasteiger partial charge in [-0.15, -0.1) is 0 Å². The van der Waals surface area contributed by atoms with E-state index in [1.165, 1.54) is 19.2 Å². The van der Waals surface area contributed by atoms with Crippen molar-refractivity contribution in [2.24, 2.45) is 5.73 Å². The molecule has 1 aromatic rings. The number of rotatable bonds is 9. The third kappa shape index (κ3) is 5.38. The van der Waals surface area contributed by atoms with Gasteiger partial charge in [0.25, 0.3) is 5.91 Å². The second kappa shape index (κ2) is 8.84. The molecule has 0 saturated heterocycles. The Kier molecular flexibility index (Phi) is 7.46. The lowest BCUT2D eigenvalue weighted by atomic mass is 10.1. The van der Waals surface area contributed by atoms with Crippen LogP contribution in [0.3, 0.4) is 0 Å².